The first kappa shape index (κ1) is 24.2. The Morgan fingerprint density at radius 3 is 2.49 bits per heavy atom. The molecule has 1 aliphatic rings. The van der Waals surface area contributed by atoms with Crippen LogP contribution < -0.4 is 19.6 Å². The van der Waals surface area contributed by atoms with Crippen molar-refractivity contribution >= 4 is 29.4 Å². The minimum Gasteiger partial charge on any atom is -0.463 e. The van der Waals surface area contributed by atoms with Crippen LogP contribution in [0.5, 0.6) is 5.75 Å². The second-order valence-electron chi connectivity index (χ2n) is 8.15. The fraction of sp³-hybridized carbons (Fsp3) is 0.143. The number of allylic oxidation sites excluding steroid dienone is 1. The fourth-order valence-corrected chi connectivity index (χ4v) is 5.12. The molecule has 0 bridgehead atoms. The molecular weight excluding hydrogens is 492 g/mol. The third-order valence-corrected chi connectivity index (χ3v) is 6.73. The molecule has 4 aromatic rings. The molecule has 2 aromatic carbocycles. The van der Waals surface area contributed by atoms with Crippen LogP contribution in [-0.4, -0.2) is 23.1 Å². The lowest BCUT2D eigenvalue weighted by Gasteiger charge is -2.24. The van der Waals surface area contributed by atoms with E-state index < -0.39 is 18.0 Å². The standard InChI is InChI=1S/C28H22N2O6S/c1-3-34-27(33)23-17(2)29-28-30(24(23)19-8-5-4-6-9-19)25(31)22(37-28)16-18-11-13-20(14-12-18)36-26(32)21-10-7-15-35-21/h4-16,24H,3H2,1-2H3. The molecule has 186 valence electrons. The molecule has 2 aromatic heterocycles. The molecule has 5 rings (SSSR count). The van der Waals surface area contributed by atoms with Gasteiger partial charge >= 0.3 is 11.9 Å². The Kier molecular flexibility index (Phi) is 6.70. The van der Waals surface area contributed by atoms with Crippen molar-refractivity contribution in [3.63, 3.8) is 0 Å². The normalized spacial score (nSPS) is 15.2. The summed E-state index contributed by atoms with van der Waals surface area (Å²) in [7, 11) is 0. The number of aromatic nitrogens is 1. The molecule has 1 unspecified atom stereocenters. The third kappa shape index (κ3) is 4.81. The van der Waals surface area contributed by atoms with Crippen molar-refractivity contribution in [3.05, 3.63) is 121 Å². The summed E-state index contributed by atoms with van der Waals surface area (Å²) in [4.78, 5) is 43.7. The molecule has 0 N–H and O–H groups in total. The van der Waals surface area contributed by atoms with E-state index in [0.717, 1.165) is 11.1 Å². The van der Waals surface area contributed by atoms with Crippen molar-refractivity contribution in [3.8, 4) is 5.75 Å². The summed E-state index contributed by atoms with van der Waals surface area (Å²) in [6.45, 7) is 3.71. The summed E-state index contributed by atoms with van der Waals surface area (Å²) in [5.74, 6) is -0.638. The molecule has 0 fully saturated rings. The summed E-state index contributed by atoms with van der Waals surface area (Å²) in [6.07, 6.45) is 3.14. The molecule has 0 radical (unpaired) electrons. The van der Waals surface area contributed by atoms with Crippen molar-refractivity contribution < 1.29 is 23.5 Å². The van der Waals surface area contributed by atoms with Crippen LogP contribution in [0, 0.1) is 0 Å². The third-order valence-electron chi connectivity index (χ3n) is 5.74. The highest BCUT2D eigenvalue weighted by Crippen LogP contribution is 2.30. The van der Waals surface area contributed by atoms with Crippen LogP contribution in [0.2, 0.25) is 0 Å². The maximum absolute atomic E-state index is 13.6. The van der Waals surface area contributed by atoms with Crippen LogP contribution in [-0.2, 0) is 9.53 Å². The number of furan rings is 1. The van der Waals surface area contributed by atoms with Gasteiger partial charge < -0.3 is 13.9 Å². The average Bonchev–Trinajstić information content (AvgIpc) is 3.54. The second-order valence-corrected chi connectivity index (χ2v) is 9.16. The first-order valence-corrected chi connectivity index (χ1v) is 12.4. The van der Waals surface area contributed by atoms with E-state index >= 15 is 0 Å². The molecule has 0 amide bonds. The summed E-state index contributed by atoms with van der Waals surface area (Å²) >= 11 is 1.24. The Morgan fingerprint density at radius 1 is 1.05 bits per heavy atom. The van der Waals surface area contributed by atoms with Crippen LogP contribution in [0.3, 0.4) is 0 Å². The van der Waals surface area contributed by atoms with E-state index in [4.69, 9.17) is 13.9 Å². The number of benzene rings is 2. The SMILES string of the molecule is CCOC(=O)C1=C(C)N=c2sc(=Cc3ccc(OC(=O)c4ccco4)cc3)c(=O)n2C1c1ccccc1. The number of esters is 2. The van der Waals surface area contributed by atoms with Crippen molar-refractivity contribution in [2.45, 2.75) is 19.9 Å². The maximum atomic E-state index is 13.6. The summed E-state index contributed by atoms with van der Waals surface area (Å²) in [5.41, 5.74) is 2.12. The van der Waals surface area contributed by atoms with Crippen molar-refractivity contribution in [1.29, 1.82) is 0 Å². The molecule has 0 aliphatic carbocycles. The van der Waals surface area contributed by atoms with Gasteiger partial charge in [-0.15, -0.1) is 0 Å². The highest BCUT2D eigenvalue weighted by molar-refractivity contribution is 7.07. The van der Waals surface area contributed by atoms with Crippen LogP contribution in [0.15, 0.2) is 98.5 Å². The van der Waals surface area contributed by atoms with Gasteiger partial charge in [-0.05, 0) is 55.3 Å². The lowest BCUT2D eigenvalue weighted by molar-refractivity contribution is -0.139. The zero-order chi connectivity index (χ0) is 25.9. The Morgan fingerprint density at radius 2 is 1.81 bits per heavy atom. The highest BCUT2D eigenvalue weighted by Gasteiger charge is 2.33. The predicted octanol–water partition coefficient (Wildman–Crippen LogP) is 3.61. The van der Waals surface area contributed by atoms with Gasteiger partial charge in [-0.25, -0.2) is 14.6 Å². The summed E-state index contributed by atoms with van der Waals surface area (Å²) < 4.78 is 17.7. The van der Waals surface area contributed by atoms with E-state index in [9.17, 15) is 14.4 Å². The number of hydrogen-bond acceptors (Lipinski definition) is 8. The van der Waals surface area contributed by atoms with Gasteiger partial charge in [0, 0.05) is 0 Å². The monoisotopic (exact) mass is 514 g/mol. The molecule has 1 aliphatic heterocycles. The Labute approximate surface area is 215 Å². The molecule has 0 spiro atoms. The summed E-state index contributed by atoms with van der Waals surface area (Å²) in [5, 5.41) is 0. The van der Waals surface area contributed by atoms with Crippen LogP contribution in [0.1, 0.15) is 41.6 Å². The van der Waals surface area contributed by atoms with Gasteiger partial charge in [0.05, 0.1) is 34.7 Å². The van der Waals surface area contributed by atoms with Gasteiger partial charge in [0.2, 0.25) is 5.76 Å². The van der Waals surface area contributed by atoms with Gasteiger partial charge in [-0.1, -0.05) is 53.8 Å². The van der Waals surface area contributed by atoms with Gasteiger partial charge in [0.15, 0.2) is 4.80 Å². The number of ether oxygens (including phenoxy) is 2. The quantitative estimate of drug-likeness (QED) is 0.288. The highest BCUT2D eigenvalue weighted by atomic mass is 32.1. The van der Waals surface area contributed by atoms with Crippen molar-refractivity contribution in [2.75, 3.05) is 6.61 Å². The van der Waals surface area contributed by atoms with Gasteiger partial charge in [0.1, 0.15) is 5.75 Å². The van der Waals surface area contributed by atoms with Gasteiger partial charge in [-0.2, -0.15) is 0 Å². The number of nitrogens with zero attached hydrogens (tertiary/aromatic N) is 2. The Bertz CT molecular complexity index is 1660. The molecule has 3 heterocycles. The van der Waals surface area contributed by atoms with E-state index in [1.54, 1.807) is 54.8 Å². The minimum absolute atomic E-state index is 0.107. The summed E-state index contributed by atoms with van der Waals surface area (Å²) in [6, 6.07) is 18.6. The van der Waals surface area contributed by atoms with Gasteiger partial charge in [0.25, 0.3) is 5.56 Å². The number of rotatable bonds is 6. The smallest absolute Gasteiger partial charge is 0.379 e. The average molecular weight is 515 g/mol. The topological polar surface area (TPSA) is 100 Å². The second kappa shape index (κ2) is 10.2. The predicted molar refractivity (Wildman–Crippen MR) is 137 cm³/mol. The lowest BCUT2D eigenvalue weighted by Crippen LogP contribution is -2.39. The van der Waals surface area contributed by atoms with E-state index in [2.05, 4.69) is 4.99 Å². The molecule has 9 heteroatoms. The lowest BCUT2D eigenvalue weighted by atomic mass is 9.96. The van der Waals surface area contributed by atoms with E-state index in [-0.39, 0.29) is 17.9 Å². The maximum Gasteiger partial charge on any atom is 0.379 e. The first-order chi connectivity index (χ1) is 18.0. The molecular formula is C28H22N2O6S. The van der Waals surface area contributed by atoms with Crippen LogP contribution in [0.25, 0.3) is 6.08 Å². The fourth-order valence-electron chi connectivity index (χ4n) is 4.08. The Hall–Kier alpha value is -4.50. The molecule has 1 atom stereocenters. The number of carbonyl (C=O) groups is 2. The Balaban J connectivity index is 1.52. The molecule has 0 saturated heterocycles. The minimum atomic E-state index is -0.651. The van der Waals surface area contributed by atoms with Crippen LogP contribution >= 0.6 is 11.3 Å². The molecule has 8 nitrogen and oxygen atoms in total. The van der Waals surface area contributed by atoms with E-state index in [1.165, 1.54) is 23.7 Å². The largest absolute Gasteiger partial charge is 0.463 e. The van der Waals surface area contributed by atoms with Crippen molar-refractivity contribution in [1.82, 2.24) is 4.57 Å². The van der Waals surface area contributed by atoms with E-state index in [1.807, 2.05) is 30.3 Å². The number of fused-ring (bicyclic) bond motifs is 1. The zero-order valence-electron chi connectivity index (χ0n) is 20.0. The molecule has 37 heavy (non-hydrogen) atoms. The first-order valence-electron chi connectivity index (χ1n) is 11.6. The zero-order valence-corrected chi connectivity index (χ0v) is 20.9. The number of hydrogen-bond donors (Lipinski definition) is 0. The van der Waals surface area contributed by atoms with Crippen molar-refractivity contribution in [2.24, 2.45) is 4.99 Å². The number of thiazole rings is 1. The van der Waals surface area contributed by atoms with E-state index in [0.29, 0.717) is 26.4 Å². The molecule has 0 saturated carbocycles. The van der Waals surface area contributed by atoms with Gasteiger partial charge in [-0.3, -0.25) is 9.36 Å². The number of carbonyl (C=O) groups excluding carboxylic acids is 2. The van der Waals surface area contributed by atoms with Crippen LogP contribution in [0.4, 0.5) is 0 Å².